The highest BCUT2D eigenvalue weighted by Crippen LogP contribution is 2.33. The van der Waals surface area contributed by atoms with Crippen LogP contribution in [0, 0.1) is 0 Å². The second kappa shape index (κ2) is 8.78. The van der Waals surface area contributed by atoms with Gasteiger partial charge in [-0.15, -0.1) is 0 Å². The predicted octanol–water partition coefficient (Wildman–Crippen LogP) is 4.85. The minimum absolute atomic E-state index is 0.496. The zero-order chi connectivity index (χ0) is 12.6. The standard InChI is InChI=1S/C12H30OSSi2/c1-7-9-11-16(5,6)14-12(10-8-2)13-15(3)4/h12,15H,7-11H2,1-6H3. The molecule has 0 saturated heterocycles. The molecule has 0 rings (SSSR count). The summed E-state index contributed by atoms with van der Waals surface area (Å²) in [5.74, 6) is 0. The maximum absolute atomic E-state index is 6.14. The summed E-state index contributed by atoms with van der Waals surface area (Å²) in [5.41, 5.74) is 0.496. The highest BCUT2D eigenvalue weighted by Gasteiger charge is 2.26. The van der Waals surface area contributed by atoms with Gasteiger partial charge in [0.25, 0.3) is 0 Å². The Morgan fingerprint density at radius 1 is 1.19 bits per heavy atom. The average Bonchev–Trinajstić information content (AvgIpc) is 2.13. The van der Waals surface area contributed by atoms with Crippen molar-refractivity contribution in [1.29, 1.82) is 0 Å². The summed E-state index contributed by atoms with van der Waals surface area (Å²) in [4.78, 5) is 0. The Bertz CT molecular complexity index is 174. The van der Waals surface area contributed by atoms with Crippen molar-refractivity contribution < 1.29 is 4.43 Å². The first kappa shape index (κ1) is 16.7. The molecule has 0 aliphatic heterocycles. The van der Waals surface area contributed by atoms with Gasteiger partial charge in [0.05, 0.1) is 5.44 Å². The van der Waals surface area contributed by atoms with Gasteiger partial charge in [-0.3, -0.25) is 0 Å². The van der Waals surface area contributed by atoms with E-state index in [-0.39, 0.29) is 0 Å². The minimum atomic E-state index is -1.08. The van der Waals surface area contributed by atoms with Gasteiger partial charge in [0.1, 0.15) is 7.22 Å². The first-order chi connectivity index (χ1) is 7.41. The molecule has 0 aliphatic carbocycles. The summed E-state index contributed by atoms with van der Waals surface area (Å²) in [5, 5.41) is 0. The molecule has 0 bridgehead atoms. The van der Waals surface area contributed by atoms with E-state index < -0.39 is 16.3 Å². The molecule has 0 fully saturated rings. The topological polar surface area (TPSA) is 9.23 Å². The van der Waals surface area contributed by atoms with Gasteiger partial charge in [0, 0.05) is 0 Å². The summed E-state index contributed by atoms with van der Waals surface area (Å²) < 4.78 is 6.14. The van der Waals surface area contributed by atoms with Gasteiger partial charge in [0.15, 0.2) is 9.04 Å². The fourth-order valence-electron chi connectivity index (χ4n) is 1.71. The number of hydrogen-bond donors (Lipinski definition) is 0. The molecule has 0 spiro atoms. The summed E-state index contributed by atoms with van der Waals surface area (Å²) in [6.07, 6.45) is 5.20. The van der Waals surface area contributed by atoms with Crippen molar-refractivity contribution in [3.63, 3.8) is 0 Å². The van der Waals surface area contributed by atoms with E-state index in [1.165, 1.54) is 31.7 Å². The maximum atomic E-state index is 6.14. The van der Waals surface area contributed by atoms with Crippen molar-refractivity contribution in [1.82, 2.24) is 0 Å². The van der Waals surface area contributed by atoms with E-state index in [0.29, 0.717) is 5.44 Å². The molecule has 1 nitrogen and oxygen atoms in total. The van der Waals surface area contributed by atoms with E-state index in [2.05, 4.69) is 51.2 Å². The second-order valence-corrected chi connectivity index (χ2v) is 16.6. The van der Waals surface area contributed by atoms with E-state index >= 15 is 0 Å². The lowest BCUT2D eigenvalue weighted by atomic mass is 10.4. The van der Waals surface area contributed by atoms with Crippen LogP contribution in [0.5, 0.6) is 0 Å². The monoisotopic (exact) mass is 278 g/mol. The summed E-state index contributed by atoms with van der Waals surface area (Å²) in [7, 11) is -1.95. The summed E-state index contributed by atoms with van der Waals surface area (Å²) >= 11 is 2.19. The van der Waals surface area contributed by atoms with Crippen LogP contribution in [0.1, 0.15) is 39.5 Å². The van der Waals surface area contributed by atoms with Gasteiger partial charge in [-0.1, -0.05) is 46.2 Å². The molecule has 0 N–H and O–H groups in total. The van der Waals surface area contributed by atoms with Crippen molar-refractivity contribution in [2.75, 3.05) is 0 Å². The molecule has 0 amide bonds. The number of unbranched alkanes of at least 4 members (excludes halogenated alkanes) is 1. The Kier molecular flexibility index (Phi) is 9.19. The van der Waals surface area contributed by atoms with Crippen LogP contribution >= 0.6 is 11.2 Å². The Labute approximate surface area is 109 Å². The van der Waals surface area contributed by atoms with E-state index in [0.717, 1.165) is 0 Å². The smallest absolute Gasteiger partial charge is 0.172 e. The number of hydrogen-bond acceptors (Lipinski definition) is 2. The average molecular weight is 279 g/mol. The van der Waals surface area contributed by atoms with Crippen LogP contribution in [0.2, 0.25) is 32.2 Å². The molecule has 16 heavy (non-hydrogen) atoms. The maximum Gasteiger partial charge on any atom is 0.172 e. The van der Waals surface area contributed by atoms with Gasteiger partial charge in [-0.05, 0) is 25.6 Å². The molecule has 1 unspecified atom stereocenters. The van der Waals surface area contributed by atoms with E-state index in [1.807, 2.05) is 0 Å². The first-order valence-corrected chi connectivity index (χ1v) is 14.3. The molecule has 0 saturated carbocycles. The van der Waals surface area contributed by atoms with Gasteiger partial charge in [0.2, 0.25) is 0 Å². The molecule has 0 heterocycles. The fraction of sp³-hybridized carbons (Fsp3) is 1.00. The SMILES string of the molecule is CCCC[Si](C)(C)SC(CCC)O[SiH](C)C. The third-order valence-electron chi connectivity index (χ3n) is 2.53. The molecule has 1 atom stereocenters. The lowest BCUT2D eigenvalue weighted by molar-refractivity contribution is 0.283. The first-order valence-electron chi connectivity index (χ1n) is 6.74. The third kappa shape index (κ3) is 8.85. The van der Waals surface area contributed by atoms with Crippen molar-refractivity contribution in [2.24, 2.45) is 0 Å². The summed E-state index contributed by atoms with van der Waals surface area (Å²) in [6.45, 7) is 14.1. The van der Waals surface area contributed by atoms with Crippen LogP contribution in [-0.2, 0) is 4.43 Å². The van der Waals surface area contributed by atoms with E-state index in [9.17, 15) is 0 Å². The van der Waals surface area contributed by atoms with E-state index in [4.69, 9.17) is 4.43 Å². The van der Waals surface area contributed by atoms with Crippen LogP contribution in [0.4, 0.5) is 0 Å². The van der Waals surface area contributed by atoms with Gasteiger partial charge in [-0.25, -0.2) is 0 Å². The molecule has 0 aliphatic rings. The second-order valence-electron chi connectivity index (χ2n) is 5.38. The normalized spacial score (nSPS) is 14.4. The Balaban J connectivity index is 4.13. The molecule has 0 radical (unpaired) electrons. The predicted molar refractivity (Wildman–Crippen MR) is 83.4 cm³/mol. The number of rotatable bonds is 9. The van der Waals surface area contributed by atoms with Crippen molar-refractivity contribution in [2.45, 2.75) is 77.2 Å². The van der Waals surface area contributed by atoms with E-state index in [1.54, 1.807) is 0 Å². The van der Waals surface area contributed by atoms with Crippen LogP contribution in [0.3, 0.4) is 0 Å². The Morgan fingerprint density at radius 2 is 1.81 bits per heavy atom. The van der Waals surface area contributed by atoms with Crippen LogP contribution < -0.4 is 0 Å². The molecule has 0 aromatic rings. The van der Waals surface area contributed by atoms with Crippen LogP contribution in [0.25, 0.3) is 0 Å². The summed E-state index contributed by atoms with van der Waals surface area (Å²) in [6, 6.07) is 1.44. The Morgan fingerprint density at radius 3 is 2.25 bits per heavy atom. The van der Waals surface area contributed by atoms with Gasteiger partial charge < -0.3 is 4.43 Å². The van der Waals surface area contributed by atoms with Crippen LogP contribution in [0.15, 0.2) is 0 Å². The third-order valence-corrected chi connectivity index (χ3v) is 9.72. The molecule has 4 heteroatoms. The molecule has 98 valence electrons. The molecular formula is C12H30OSSi2. The van der Waals surface area contributed by atoms with Crippen molar-refractivity contribution >= 4 is 27.5 Å². The lowest BCUT2D eigenvalue weighted by Crippen LogP contribution is -2.28. The lowest BCUT2D eigenvalue weighted by Gasteiger charge is -2.29. The van der Waals surface area contributed by atoms with Crippen molar-refractivity contribution in [3.8, 4) is 0 Å². The Hall–Kier alpha value is 0.744. The van der Waals surface area contributed by atoms with Gasteiger partial charge in [-0.2, -0.15) is 11.2 Å². The van der Waals surface area contributed by atoms with Crippen LogP contribution in [-0.4, -0.2) is 21.7 Å². The molecule has 0 aromatic heterocycles. The molecular weight excluding hydrogens is 248 g/mol. The fourth-order valence-corrected chi connectivity index (χ4v) is 9.51. The molecule has 0 aromatic carbocycles. The van der Waals surface area contributed by atoms with Gasteiger partial charge >= 0.3 is 0 Å². The minimum Gasteiger partial charge on any atom is -0.409 e. The zero-order valence-electron chi connectivity index (χ0n) is 12.0. The zero-order valence-corrected chi connectivity index (χ0v) is 15.0. The van der Waals surface area contributed by atoms with Crippen molar-refractivity contribution in [3.05, 3.63) is 0 Å². The quantitative estimate of drug-likeness (QED) is 0.440. The highest BCUT2D eigenvalue weighted by atomic mass is 32.4. The largest absolute Gasteiger partial charge is 0.409 e. The highest BCUT2D eigenvalue weighted by molar-refractivity contribution is 8.29.